The van der Waals surface area contributed by atoms with Crippen molar-refractivity contribution < 1.29 is 0 Å². The molecule has 1 N–H and O–H groups in total. The molecule has 3 aromatic rings. The number of para-hydroxylation sites is 1. The smallest absolute Gasteiger partial charge is 0.132 e. The van der Waals surface area contributed by atoms with E-state index < -0.39 is 0 Å². The van der Waals surface area contributed by atoms with Crippen molar-refractivity contribution >= 4 is 16.7 Å². The minimum Gasteiger partial charge on any atom is -0.373 e. The Balaban J connectivity index is 2.20. The molecule has 0 saturated carbocycles. The molecule has 0 bridgehead atoms. The van der Waals surface area contributed by atoms with Gasteiger partial charge in [-0.3, -0.25) is 0 Å². The van der Waals surface area contributed by atoms with Gasteiger partial charge in [0.2, 0.25) is 0 Å². The minimum atomic E-state index is 0.862. The van der Waals surface area contributed by atoms with Gasteiger partial charge in [0.15, 0.2) is 0 Å². The molecule has 20 heavy (non-hydrogen) atoms. The number of pyridine rings is 1. The summed E-state index contributed by atoms with van der Waals surface area (Å²) < 4.78 is 0. The normalized spacial score (nSPS) is 10.7. The van der Waals surface area contributed by atoms with Crippen molar-refractivity contribution in [3.8, 4) is 11.4 Å². The van der Waals surface area contributed by atoms with Crippen LogP contribution in [0.3, 0.4) is 0 Å². The molecule has 0 saturated heterocycles. The number of hydrogen-bond donors (Lipinski definition) is 1. The highest BCUT2D eigenvalue weighted by atomic mass is 15.0. The second-order valence-corrected chi connectivity index (χ2v) is 4.54. The number of fused-ring (bicyclic) bond motifs is 1. The Bertz CT molecular complexity index is 752. The Morgan fingerprint density at radius 1 is 1.05 bits per heavy atom. The molecular formula is C16H16N4. The molecule has 3 rings (SSSR count). The summed E-state index contributed by atoms with van der Waals surface area (Å²) in [7, 11) is 1.87. The van der Waals surface area contributed by atoms with Crippen molar-refractivity contribution in [2.45, 2.75) is 13.3 Å². The van der Waals surface area contributed by atoms with Crippen molar-refractivity contribution in [1.29, 1.82) is 0 Å². The van der Waals surface area contributed by atoms with Gasteiger partial charge in [-0.2, -0.15) is 0 Å². The fourth-order valence-electron chi connectivity index (χ4n) is 2.38. The molecule has 0 aliphatic carbocycles. The monoisotopic (exact) mass is 264 g/mol. The summed E-state index contributed by atoms with van der Waals surface area (Å²) in [6.45, 7) is 2.10. The maximum atomic E-state index is 4.71. The fraction of sp³-hybridized carbons (Fsp3) is 0.188. The third-order valence-corrected chi connectivity index (χ3v) is 3.38. The molecule has 100 valence electrons. The van der Waals surface area contributed by atoms with E-state index in [1.165, 1.54) is 0 Å². The maximum absolute atomic E-state index is 4.71. The van der Waals surface area contributed by atoms with Crippen LogP contribution in [0.1, 0.15) is 12.5 Å². The van der Waals surface area contributed by atoms with E-state index in [-0.39, 0.29) is 0 Å². The quantitative estimate of drug-likeness (QED) is 0.788. The molecule has 2 heterocycles. The Morgan fingerprint density at radius 2 is 1.90 bits per heavy atom. The first-order valence-electron chi connectivity index (χ1n) is 6.71. The Morgan fingerprint density at radius 3 is 2.70 bits per heavy atom. The third kappa shape index (κ3) is 2.09. The standard InChI is InChI=1S/C16H16N4/c1-3-12-15(18-10-19-16(12)17-2)14-9-8-11-6-4-5-7-13(11)20-14/h4-10H,3H2,1-2H3,(H,17,18,19). The van der Waals surface area contributed by atoms with Crippen LogP contribution in [0.5, 0.6) is 0 Å². The van der Waals surface area contributed by atoms with Crippen LogP contribution in [0.2, 0.25) is 0 Å². The maximum Gasteiger partial charge on any atom is 0.132 e. The molecule has 0 aliphatic rings. The highest BCUT2D eigenvalue weighted by molar-refractivity contribution is 5.81. The van der Waals surface area contributed by atoms with Crippen molar-refractivity contribution in [2.24, 2.45) is 0 Å². The van der Waals surface area contributed by atoms with Crippen molar-refractivity contribution in [3.63, 3.8) is 0 Å². The van der Waals surface area contributed by atoms with E-state index in [2.05, 4.69) is 34.3 Å². The lowest BCUT2D eigenvalue weighted by Crippen LogP contribution is -2.03. The zero-order valence-corrected chi connectivity index (χ0v) is 11.6. The summed E-state index contributed by atoms with van der Waals surface area (Å²) in [6, 6.07) is 12.2. The van der Waals surface area contributed by atoms with E-state index >= 15 is 0 Å². The molecule has 0 radical (unpaired) electrons. The Kier molecular flexibility index (Phi) is 3.29. The Hall–Kier alpha value is -2.49. The van der Waals surface area contributed by atoms with Crippen LogP contribution in [-0.4, -0.2) is 22.0 Å². The van der Waals surface area contributed by atoms with Crippen molar-refractivity contribution in [1.82, 2.24) is 15.0 Å². The number of nitrogens with zero attached hydrogens (tertiary/aromatic N) is 3. The number of benzene rings is 1. The van der Waals surface area contributed by atoms with Crippen LogP contribution in [0.25, 0.3) is 22.3 Å². The fourth-order valence-corrected chi connectivity index (χ4v) is 2.38. The average molecular weight is 264 g/mol. The summed E-state index contributed by atoms with van der Waals surface area (Å²) in [5, 5.41) is 4.25. The van der Waals surface area contributed by atoms with Crippen LogP contribution in [0.15, 0.2) is 42.7 Å². The highest BCUT2D eigenvalue weighted by Crippen LogP contribution is 2.26. The van der Waals surface area contributed by atoms with Crippen LogP contribution in [0.4, 0.5) is 5.82 Å². The van der Waals surface area contributed by atoms with E-state index in [9.17, 15) is 0 Å². The summed E-state index contributed by atoms with van der Waals surface area (Å²) in [6.07, 6.45) is 2.44. The highest BCUT2D eigenvalue weighted by Gasteiger charge is 2.12. The van der Waals surface area contributed by atoms with Gasteiger partial charge in [0, 0.05) is 18.0 Å². The van der Waals surface area contributed by atoms with Gasteiger partial charge >= 0.3 is 0 Å². The molecule has 0 unspecified atom stereocenters. The predicted molar refractivity (Wildman–Crippen MR) is 81.7 cm³/mol. The van der Waals surface area contributed by atoms with Crippen LogP contribution < -0.4 is 5.32 Å². The zero-order chi connectivity index (χ0) is 13.9. The average Bonchev–Trinajstić information content (AvgIpc) is 2.53. The van der Waals surface area contributed by atoms with Gasteiger partial charge in [-0.1, -0.05) is 31.2 Å². The van der Waals surface area contributed by atoms with Gasteiger partial charge in [-0.15, -0.1) is 0 Å². The molecular weight excluding hydrogens is 248 g/mol. The van der Waals surface area contributed by atoms with E-state index in [4.69, 9.17) is 4.98 Å². The number of anilines is 1. The topological polar surface area (TPSA) is 50.7 Å². The molecule has 2 aromatic heterocycles. The van der Waals surface area contributed by atoms with Crippen LogP contribution in [0, 0.1) is 0 Å². The second kappa shape index (κ2) is 5.25. The molecule has 0 fully saturated rings. The number of hydrogen-bond acceptors (Lipinski definition) is 4. The van der Waals surface area contributed by atoms with Crippen LogP contribution in [-0.2, 0) is 6.42 Å². The molecule has 0 atom stereocenters. The largest absolute Gasteiger partial charge is 0.373 e. The first kappa shape index (κ1) is 12.5. The van der Waals surface area contributed by atoms with Crippen LogP contribution >= 0.6 is 0 Å². The molecule has 0 aliphatic heterocycles. The lowest BCUT2D eigenvalue weighted by atomic mass is 10.1. The van der Waals surface area contributed by atoms with Gasteiger partial charge in [0.25, 0.3) is 0 Å². The van der Waals surface area contributed by atoms with E-state index in [1.54, 1.807) is 6.33 Å². The number of aromatic nitrogens is 3. The van der Waals surface area contributed by atoms with E-state index in [0.29, 0.717) is 0 Å². The van der Waals surface area contributed by atoms with Crippen molar-refractivity contribution in [3.05, 3.63) is 48.3 Å². The third-order valence-electron chi connectivity index (χ3n) is 3.38. The lowest BCUT2D eigenvalue weighted by Gasteiger charge is -2.11. The first-order valence-corrected chi connectivity index (χ1v) is 6.71. The van der Waals surface area contributed by atoms with Gasteiger partial charge in [0.05, 0.1) is 16.9 Å². The lowest BCUT2D eigenvalue weighted by molar-refractivity contribution is 1.04. The van der Waals surface area contributed by atoms with Gasteiger partial charge in [0.1, 0.15) is 12.1 Å². The second-order valence-electron chi connectivity index (χ2n) is 4.54. The zero-order valence-electron chi connectivity index (χ0n) is 11.6. The SMILES string of the molecule is CCc1c(NC)ncnc1-c1ccc2ccccc2n1. The van der Waals surface area contributed by atoms with Gasteiger partial charge < -0.3 is 5.32 Å². The number of rotatable bonds is 3. The predicted octanol–water partition coefficient (Wildman–Crippen LogP) is 3.30. The Labute approximate surface area is 117 Å². The van der Waals surface area contributed by atoms with Gasteiger partial charge in [-0.25, -0.2) is 15.0 Å². The molecule has 0 spiro atoms. The molecule has 1 aromatic carbocycles. The number of nitrogens with one attached hydrogen (secondary N) is 1. The van der Waals surface area contributed by atoms with Gasteiger partial charge in [-0.05, 0) is 18.6 Å². The summed E-state index contributed by atoms with van der Waals surface area (Å²) in [5.74, 6) is 0.868. The molecule has 4 nitrogen and oxygen atoms in total. The molecule has 0 amide bonds. The molecule has 4 heteroatoms. The summed E-state index contributed by atoms with van der Waals surface area (Å²) in [4.78, 5) is 13.4. The minimum absolute atomic E-state index is 0.862. The summed E-state index contributed by atoms with van der Waals surface area (Å²) in [5.41, 5.74) is 3.87. The summed E-state index contributed by atoms with van der Waals surface area (Å²) >= 11 is 0. The first-order chi connectivity index (χ1) is 9.83. The van der Waals surface area contributed by atoms with Crippen molar-refractivity contribution in [2.75, 3.05) is 12.4 Å². The van der Waals surface area contributed by atoms with E-state index in [1.807, 2.05) is 31.3 Å². The van der Waals surface area contributed by atoms with E-state index in [0.717, 1.165) is 40.1 Å².